The van der Waals surface area contributed by atoms with Crippen molar-refractivity contribution in [1.29, 1.82) is 0 Å². The lowest BCUT2D eigenvalue weighted by Crippen LogP contribution is -2.18. The lowest BCUT2D eigenvalue weighted by atomic mass is 10.2. The van der Waals surface area contributed by atoms with E-state index in [0.717, 1.165) is 19.4 Å². The quantitative estimate of drug-likeness (QED) is 0.373. The van der Waals surface area contributed by atoms with E-state index in [1.165, 1.54) is 0 Å². The standard InChI is InChI=1S/C10H14O4/c1-8(4-5-11)10(12)14-7-9-3-2-6-13-9/h5,9H,1-4,6-7H2. The highest BCUT2D eigenvalue weighted by Crippen LogP contribution is 2.12. The van der Waals surface area contributed by atoms with E-state index in [1.54, 1.807) is 0 Å². The monoisotopic (exact) mass is 198 g/mol. The van der Waals surface area contributed by atoms with Crippen molar-refractivity contribution in [2.75, 3.05) is 13.2 Å². The van der Waals surface area contributed by atoms with E-state index in [1.807, 2.05) is 0 Å². The Hall–Kier alpha value is -1.16. The van der Waals surface area contributed by atoms with Gasteiger partial charge in [-0.2, -0.15) is 0 Å². The van der Waals surface area contributed by atoms with Crippen LogP contribution in [0.5, 0.6) is 0 Å². The van der Waals surface area contributed by atoms with Crippen LogP contribution in [-0.2, 0) is 19.1 Å². The van der Waals surface area contributed by atoms with Crippen molar-refractivity contribution in [2.24, 2.45) is 0 Å². The van der Waals surface area contributed by atoms with Crippen LogP contribution in [0.2, 0.25) is 0 Å². The van der Waals surface area contributed by atoms with E-state index in [2.05, 4.69) is 6.58 Å². The molecule has 0 N–H and O–H groups in total. The zero-order chi connectivity index (χ0) is 10.4. The van der Waals surface area contributed by atoms with Gasteiger partial charge in [0.2, 0.25) is 0 Å². The SMILES string of the molecule is C=C(CC=O)C(=O)OCC1CCCO1. The van der Waals surface area contributed by atoms with E-state index < -0.39 is 5.97 Å². The number of carbonyl (C=O) groups excluding carboxylic acids is 2. The Bertz CT molecular complexity index is 228. The number of rotatable bonds is 5. The molecule has 0 amide bonds. The van der Waals surface area contributed by atoms with Crippen LogP contribution < -0.4 is 0 Å². The summed E-state index contributed by atoms with van der Waals surface area (Å²) in [5.41, 5.74) is 0.193. The first-order valence-electron chi connectivity index (χ1n) is 4.64. The molecule has 4 nitrogen and oxygen atoms in total. The van der Waals surface area contributed by atoms with Gasteiger partial charge in [-0.1, -0.05) is 6.58 Å². The zero-order valence-corrected chi connectivity index (χ0v) is 8.03. The molecule has 0 aromatic carbocycles. The molecule has 1 rings (SSSR count). The molecule has 0 saturated carbocycles. The van der Waals surface area contributed by atoms with Crippen LogP contribution in [0.25, 0.3) is 0 Å². The first-order chi connectivity index (χ1) is 6.74. The molecule has 0 radical (unpaired) electrons. The summed E-state index contributed by atoms with van der Waals surface area (Å²) in [4.78, 5) is 21.2. The Morgan fingerprint density at radius 2 is 2.43 bits per heavy atom. The van der Waals surface area contributed by atoms with Crippen LogP contribution in [0.1, 0.15) is 19.3 Å². The topological polar surface area (TPSA) is 52.6 Å². The Balaban J connectivity index is 2.19. The Morgan fingerprint density at radius 3 is 3.00 bits per heavy atom. The third-order valence-corrected chi connectivity index (χ3v) is 2.04. The summed E-state index contributed by atoms with van der Waals surface area (Å²) in [5.74, 6) is -0.507. The Labute approximate surface area is 82.9 Å². The predicted molar refractivity (Wildman–Crippen MR) is 49.8 cm³/mol. The number of hydrogen-bond acceptors (Lipinski definition) is 4. The van der Waals surface area contributed by atoms with Crippen LogP contribution in [0.4, 0.5) is 0 Å². The van der Waals surface area contributed by atoms with Crippen LogP contribution in [0.15, 0.2) is 12.2 Å². The van der Waals surface area contributed by atoms with E-state index in [9.17, 15) is 9.59 Å². The molecule has 1 fully saturated rings. The molecule has 1 heterocycles. The fraction of sp³-hybridized carbons (Fsp3) is 0.600. The average Bonchev–Trinajstić information content (AvgIpc) is 2.67. The van der Waals surface area contributed by atoms with Gasteiger partial charge < -0.3 is 14.3 Å². The van der Waals surface area contributed by atoms with Crippen molar-refractivity contribution in [2.45, 2.75) is 25.4 Å². The fourth-order valence-corrected chi connectivity index (χ4v) is 1.23. The predicted octanol–water partition coefficient (Wildman–Crippen LogP) is 0.854. The minimum absolute atomic E-state index is 0.0166. The van der Waals surface area contributed by atoms with Crippen molar-refractivity contribution in [1.82, 2.24) is 0 Å². The van der Waals surface area contributed by atoms with Crippen molar-refractivity contribution < 1.29 is 19.1 Å². The molecule has 0 aromatic heterocycles. The van der Waals surface area contributed by atoms with Gasteiger partial charge in [0.05, 0.1) is 6.10 Å². The molecule has 1 atom stereocenters. The van der Waals surface area contributed by atoms with Crippen LogP contribution in [0, 0.1) is 0 Å². The number of carbonyl (C=O) groups is 2. The summed E-state index contributed by atoms with van der Waals surface area (Å²) in [6.45, 7) is 4.44. The maximum Gasteiger partial charge on any atom is 0.333 e. The molecule has 0 bridgehead atoms. The van der Waals surface area contributed by atoms with E-state index >= 15 is 0 Å². The second-order valence-corrected chi connectivity index (χ2v) is 3.21. The van der Waals surface area contributed by atoms with E-state index in [-0.39, 0.29) is 24.7 Å². The van der Waals surface area contributed by atoms with Gasteiger partial charge in [-0.05, 0) is 12.8 Å². The van der Waals surface area contributed by atoms with Gasteiger partial charge in [-0.3, -0.25) is 0 Å². The second-order valence-electron chi connectivity index (χ2n) is 3.21. The van der Waals surface area contributed by atoms with Crippen LogP contribution in [0.3, 0.4) is 0 Å². The number of ether oxygens (including phenoxy) is 2. The molecule has 1 aliphatic heterocycles. The smallest absolute Gasteiger partial charge is 0.333 e. The molecular formula is C10H14O4. The summed E-state index contributed by atoms with van der Waals surface area (Å²) in [7, 11) is 0. The Kier molecular flexibility index (Phi) is 4.32. The average molecular weight is 198 g/mol. The normalized spacial score (nSPS) is 20.4. The lowest BCUT2D eigenvalue weighted by molar-refractivity contribution is -0.142. The molecule has 1 aliphatic rings. The largest absolute Gasteiger partial charge is 0.460 e. The van der Waals surface area contributed by atoms with Crippen LogP contribution in [-0.4, -0.2) is 31.6 Å². The molecule has 1 saturated heterocycles. The van der Waals surface area contributed by atoms with Gasteiger partial charge >= 0.3 is 5.97 Å². The zero-order valence-electron chi connectivity index (χ0n) is 8.03. The molecule has 0 aliphatic carbocycles. The van der Waals surface area contributed by atoms with Crippen molar-refractivity contribution in [3.8, 4) is 0 Å². The summed E-state index contributed by atoms with van der Waals surface area (Å²) < 4.78 is 10.2. The third-order valence-electron chi connectivity index (χ3n) is 2.04. The summed E-state index contributed by atoms with van der Waals surface area (Å²) in [5, 5.41) is 0. The van der Waals surface area contributed by atoms with Crippen molar-refractivity contribution in [3.05, 3.63) is 12.2 Å². The van der Waals surface area contributed by atoms with E-state index in [4.69, 9.17) is 9.47 Å². The van der Waals surface area contributed by atoms with Crippen molar-refractivity contribution in [3.63, 3.8) is 0 Å². The molecule has 78 valence electrons. The molecule has 4 heteroatoms. The molecule has 0 spiro atoms. The first-order valence-corrected chi connectivity index (χ1v) is 4.64. The number of esters is 1. The number of hydrogen-bond donors (Lipinski definition) is 0. The lowest BCUT2D eigenvalue weighted by Gasteiger charge is -2.10. The Morgan fingerprint density at radius 1 is 1.64 bits per heavy atom. The highest BCUT2D eigenvalue weighted by atomic mass is 16.6. The maximum absolute atomic E-state index is 11.2. The van der Waals surface area contributed by atoms with Gasteiger partial charge in [-0.25, -0.2) is 4.79 Å². The summed E-state index contributed by atoms with van der Waals surface area (Å²) in [6.07, 6.45) is 2.62. The van der Waals surface area contributed by atoms with Gasteiger partial charge in [-0.15, -0.1) is 0 Å². The second kappa shape index (κ2) is 5.54. The third kappa shape index (κ3) is 3.30. The van der Waals surface area contributed by atoms with Gasteiger partial charge in [0, 0.05) is 18.6 Å². The minimum atomic E-state index is -0.507. The van der Waals surface area contributed by atoms with E-state index in [0.29, 0.717) is 6.29 Å². The first kappa shape index (κ1) is 10.9. The fourth-order valence-electron chi connectivity index (χ4n) is 1.23. The van der Waals surface area contributed by atoms with Gasteiger partial charge in [0.15, 0.2) is 0 Å². The molecule has 14 heavy (non-hydrogen) atoms. The molecule has 0 aromatic rings. The van der Waals surface area contributed by atoms with Crippen LogP contribution >= 0.6 is 0 Å². The number of aldehydes is 1. The summed E-state index contributed by atoms with van der Waals surface area (Å²) >= 11 is 0. The van der Waals surface area contributed by atoms with Crippen molar-refractivity contribution >= 4 is 12.3 Å². The molecular weight excluding hydrogens is 184 g/mol. The molecule has 1 unspecified atom stereocenters. The maximum atomic E-state index is 11.2. The highest BCUT2D eigenvalue weighted by Gasteiger charge is 2.18. The van der Waals surface area contributed by atoms with Gasteiger partial charge in [0.25, 0.3) is 0 Å². The summed E-state index contributed by atoms with van der Waals surface area (Å²) in [6, 6.07) is 0. The minimum Gasteiger partial charge on any atom is -0.460 e. The van der Waals surface area contributed by atoms with Gasteiger partial charge in [0.1, 0.15) is 12.9 Å². The highest BCUT2D eigenvalue weighted by molar-refractivity contribution is 5.90.